The van der Waals surface area contributed by atoms with Gasteiger partial charge in [-0.2, -0.15) is 0 Å². The van der Waals surface area contributed by atoms with Gasteiger partial charge in [0.1, 0.15) is 11.6 Å². The Hall–Kier alpha value is -3.60. The quantitative estimate of drug-likeness (QED) is 0.231. The Morgan fingerprint density at radius 3 is 2.44 bits per heavy atom. The zero-order valence-electron chi connectivity index (χ0n) is 21.5. The molecule has 36 heavy (non-hydrogen) atoms. The van der Waals surface area contributed by atoms with Gasteiger partial charge in [0.05, 0.1) is 24.1 Å². The van der Waals surface area contributed by atoms with Gasteiger partial charge in [-0.3, -0.25) is 4.79 Å². The third kappa shape index (κ3) is 6.97. The molecule has 0 fully saturated rings. The standard InChI is InChI=1S/C31H37N3O2/c1-24-13-5-7-15-26(24)23-31(35)32-20-11-3-4-19-30-33-27-16-8-9-17-28(27)34(30)21-12-22-36-29-18-10-6-14-25(29)2/h5-10,13-18H,3-4,11-12,19-23H2,1-2H3,(H,32,35). The minimum atomic E-state index is 0.0963. The van der Waals surface area contributed by atoms with E-state index in [0.29, 0.717) is 13.0 Å². The number of imidazole rings is 1. The molecule has 0 aliphatic rings. The average molecular weight is 484 g/mol. The number of nitrogens with one attached hydrogen (secondary N) is 1. The van der Waals surface area contributed by atoms with Crippen molar-refractivity contribution in [1.82, 2.24) is 14.9 Å². The molecule has 0 atom stereocenters. The van der Waals surface area contributed by atoms with Gasteiger partial charge in [-0.05, 0) is 68.0 Å². The molecule has 0 spiro atoms. The van der Waals surface area contributed by atoms with Crippen molar-refractivity contribution in [3.8, 4) is 5.75 Å². The molecule has 4 rings (SSSR count). The highest BCUT2D eigenvalue weighted by Gasteiger charge is 2.11. The second-order valence-corrected chi connectivity index (χ2v) is 9.40. The van der Waals surface area contributed by atoms with Crippen molar-refractivity contribution in [3.63, 3.8) is 0 Å². The zero-order chi connectivity index (χ0) is 25.2. The van der Waals surface area contributed by atoms with Crippen LogP contribution in [0.3, 0.4) is 0 Å². The van der Waals surface area contributed by atoms with E-state index >= 15 is 0 Å². The minimum Gasteiger partial charge on any atom is -0.493 e. The molecule has 0 aliphatic heterocycles. The summed E-state index contributed by atoms with van der Waals surface area (Å²) in [5.74, 6) is 2.19. The summed E-state index contributed by atoms with van der Waals surface area (Å²) in [5, 5.41) is 3.07. The Kier molecular flexibility index (Phi) is 9.15. The van der Waals surface area contributed by atoms with E-state index in [4.69, 9.17) is 9.72 Å². The van der Waals surface area contributed by atoms with Gasteiger partial charge in [-0.1, -0.05) is 61.0 Å². The molecule has 3 aromatic carbocycles. The van der Waals surface area contributed by atoms with E-state index in [2.05, 4.69) is 41.1 Å². The first-order chi connectivity index (χ1) is 17.6. The second kappa shape index (κ2) is 12.9. The van der Waals surface area contributed by atoms with Gasteiger partial charge >= 0.3 is 0 Å². The molecule has 1 amide bonds. The van der Waals surface area contributed by atoms with Gasteiger partial charge in [0.25, 0.3) is 0 Å². The molecular formula is C31H37N3O2. The molecule has 0 unspecified atom stereocenters. The van der Waals surface area contributed by atoms with E-state index in [1.54, 1.807) is 0 Å². The first kappa shape index (κ1) is 25.5. The fourth-order valence-corrected chi connectivity index (χ4v) is 4.55. The molecule has 0 aliphatic carbocycles. The topological polar surface area (TPSA) is 56.2 Å². The van der Waals surface area contributed by atoms with E-state index in [1.165, 1.54) is 5.52 Å². The highest BCUT2D eigenvalue weighted by atomic mass is 16.5. The van der Waals surface area contributed by atoms with Crippen molar-refractivity contribution in [1.29, 1.82) is 0 Å². The second-order valence-electron chi connectivity index (χ2n) is 9.40. The van der Waals surface area contributed by atoms with E-state index in [1.807, 2.05) is 55.5 Å². The number of para-hydroxylation sites is 3. The summed E-state index contributed by atoms with van der Waals surface area (Å²) in [7, 11) is 0. The smallest absolute Gasteiger partial charge is 0.224 e. The summed E-state index contributed by atoms with van der Waals surface area (Å²) in [6, 6.07) is 24.6. The molecule has 1 N–H and O–H groups in total. The summed E-state index contributed by atoms with van der Waals surface area (Å²) in [6.45, 7) is 6.41. The van der Waals surface area contributed by atoms with Gasteiger partial charge in [-0.25, -0.2) is 4.98 Å². The van der Waals surface area contributed by atoms with E-state index in [-0.39, 0.29) is 5.91 Å². The number of benzene rings is 3. The molecule has 0 saturated carbocycles. The van der Waals surface area contributed by atoms with Crippen molar-refractivity contribution in [2.24, 2.45) is 0 Å². The fraction of sp³-hybridized carbons (Fsp3) is 0.355. The van der Waals surface area contributed by atoms with Crippen LogP contribution in [0.15, 0.2) is 72.8 Å². The number of carbonyl (C=O) groups excluding carboxylic acids is 1. The summed E-state index contributed by atoms with van der Waals surface area (Å²) in [6.07, 6.45) is 5.40. The highest BCUT2D eigenvalue weighted by molar-refractivity contribution is 5.78. The van der Waals surface area contributed by atoms with Crippen LogP contribution in [0.4, 0.5) is 0 Å². The van der Waals surface area contributed by atoms with Crippen LogP contribution >= 0.6 is 0 Å². The summed E-state index contributed by atoms with van der Waals surface area (Å²) in [4.78, 5) is 17.2. The fourth-order valence-electron chi connectivity index (χ4n) is 4.55. The number of fused-ring (bicyclic) bond motifs is 1. The third-order valence-corrected chi connectivity index (χ3v) is 6.62. The van der Waals surface area contributed by atoms with Crippen molar-refractivity contribution >= 4 is 16.9 Å². The lowest BCUT2D eigenvalue weighted by atomic mass is 10.1. The van der Waals surface area contributed by atoms with Crippen molar-refractivity contribution in [2.45, 2.75) is 58.9 Å². The van der Waals surface area contributed by atoms with Crippen molar-refractivity contribution < 1.29 is 9.53 Å². The number of nitrogens with zero attached hydrogens (tertiary/aromatic N) is 2. The first-order valence-corrected chi connectivity index (χ1v) is 13.1. The Balaban J connectivity index is 1.22. The monoisotopic (exact) mass is 483 g/mol. The molecule has 0 bridgehead atoms. The van der Waals surface area contributed by atoms with Crippen LogP contribution in [0.1, 0.15) is 48.2 Å². The predicted molar refractivity (Wildman–Crippen MR) is 146 cm³/mol. The lowest BCUT2D eigenvalue weighted by molar-refractivity contribution is -0.120. The maximum Gasteiger partial charge on any atom is 0.224 e. The number of hydrogen-bond acceptors (Lipinski definition) is 3. The predicted octanol–water partition coefficient (Wildman–Crippen LogP) is 6.19. The van der Waals surface area contributed by atoms with Gasteiger partial charge in [0.15, 0.2) is 0 Å². The molecule has 5 heteroatoms. The van der Waals surface area contributed by atoms with Gasteiger partial charge in [0, 0.05) is 19.5 Å². The van der Waals surface area contributed by atoms with Crippen LogP contribution in [0, 0.1) is 13.8 Å². The van der Waals surface area contributed by atoms with Crippen LogP contribution in [-0.4, -0.2) is 28.6 Å². The lowest BCUT2D eigenvalue weighted by Crippen LogP contribution is -2.26. The summed E-state index contributed by atoms with van der Waals surface area (Å²) in [5.41, 5.74) is 5.66. The van der Waals surface area contributed by atoms with Crippen LogP contribution in [0.25, 0.3) is 11.0 Å². The molecule has 5 nitrogen and oxygen atoms in total. The highest BCUT2D eigenvalue weighted by Crippen LogP contribution is 2.20. The maximum atomic E-state index is 12.3. The first-order valence-electron chi connectivity index (χ1n) is 13.1. The number of aromatic nitrogens is 2. The van der Waals surface area contributed by atoms with Crippen LogP contribution < -0.4 is 10.1 Å². The van der Waals surface area contributed by atoms with E-state index in [9.17, 15) is 4.79 Å². The Bertz CT molecular complexity index is 1280. The molecule has 0 saturated heterocycles. The van der Waals surface area contributed by atoms with E-state index in [0.717, 1.165) is 79.0 Å². The average Bonchev–Trinajstić information content (AvgIpc) is 3.23. The largest absolute Gasteiger partial charge is 0.493 e. The van der Waals surface area contributed by atoms with Crippen LogP contribution in [0.5, 0.6) is 5.75 Å². The normalized spacial score (nSPS) is 11.1. The summed E-state index contributed by atoms with van der Waals surface area (Å²) < 4.78 is 8.36. The Morgan fingerprint density at radius 1 is 0.861 bits per heavy atom. The molecule has 4 aromatic rings. The number of ether oxygens (including phenoxy) is 1. The number of rotatable bonds is 13. The zero-order valence-corrected chi connectivity index (χ0v) is 21.5. The lowest BCUT2D eigenvalue weighted by Gasteiger charge is -2.12. The summed E-state index contributed by atoms with van der Waals surface area (Å²) >= 11 is 0. The number of aryl methyl sites for hydroxylation is 4. The van der Waals surface area contributed by atoms with E-state index < -0.39 is 0 Å². The maximum absolute atomic E-state index is 12.3. The number of hydrogen-bond donors (Lipinski definition) is 1. The van der Waals surface area contributed by atoms with Crippen molar-refractivity contribution in [3.05, 3.63) is 95.3 Å². The molecule has 1 aromatic heterocycles. The van der Waals surface area contributed by atoms with Crippen LogP contribution in [0.2, 0.25) is 0 Å². The number of unbranched alkanes of at least 4 members (excludes halogenated alkanes) is 2. The van der Waals surface area contributed by atoms with Crippen LogP contribution in [-0.2, 0) is 24.2 Å². The number of amides is 1. The Labute approximate surface area is 214 Å². The van der Waals surface area contributed by atoms with Gasteiger partial charge in [0.2, 0.25) is 5.91 Å². The molecule has 188 valence electrons. The van der Waals surface area contributed by atoms with Gasteiger partial charge < -0.3 is 14.6 Å². The third-order valence-electron chi connectivity index (χ3n) is 6.62. The SMILES string of the molecule is Cc1ccccc1CC(=O)NCCCCCc1nc2ccccc2n1CCCOc1ccccc1C. The van der Waals surface area contributed by atoms with Gasteiger partial charge in [-0.15, -0.1) is 0 Å². The Morgan fingerprint density at radius 2 is 1.61 bits per heavy atom. The minimum absolute atomic E-state index is 0.0963. The van der Waals surface area contributed by atoms with Crippen molar-refractivity contribution in [2.75, 3.05) is 13.2 Å². The molecule has 0 radical (unpaired) electrons. The molecule has 1 heterocycles. The molecular weight excluding hydrogens is 446 g/mol. The number of carbonyl (C=O) groups is 1.